The third kappa shape index (κ3) is 1.48. The van der Waals surface area contributed by atoms with Crippen LogP contribution in [-0.4, -0.2) is 6.29 Å². The van der Waals surface area contributed by atoms with E-state index in [-0.39, 0.29) is 6.29 Å². The number of hydrogen-bond donors (Lipinski definition) is 0. The minimum Gasteiger partial charge on any atom is -0.451 e. The summed E-state index contributed by atoms with van der Waals surface area (Å²) in [5.74, 6) is 2.41. The second-order valence-electron chi connectivity index (χ2n) is 5.26. The van der Waals surface area contributed by atoms with Crippen LogP contribution in [0.3, 0.4) is 0 Å². The fraction of sp³-hybridized carbons (Fsp3) is 0.375. The van der Waals surface area contributed by atoms with Crippen molar-refractivity contribution >= 4 is 10.8 Å². The summed E-state index contributed by atoms with van der Waals surface area (Å²) in [6, 6.07) is 12.5. The first-order valence-electron chi connectivity index (χ1n) is 6.77. The highest BCUT2D eigenvalue weighted by molar-refractivity contribution is 5.91. The summed E-state index contributed by atoms with van der Waals surface area (Å²) in [4.78, 5) is 0. The predicted octanol–water partition coefficient (Wildman–Crippen LogP) is 4.13. The second kappa shape index (κ2) is 3.91. The largest absolute Gasteiger partial charge is 0.451 e. The number of ether oxygens (including phenoxy) is 2. The lowest BCUT2D eigenvalue weighted by molar-refractivity contribution is -0.000966. The first-order valence-corrected chi connectivity index (χ1v) is 6.77. The van der Waals surface area contributed by atoms with Crippen molar-refractivity contribution in [2.24, 2.45) is 5.92 Å². The molecule has 0 spiro atoms. The Balaban J connectivity index is 1.74. The molecule has 2 nitrogen and oxygen atoms in total. The molecule has 1 fully saturated rings. The van der Waals surface area contributed by atoms with Gasteiger partial charge in [0.2, 0.25) is 6.29 Å². The zero-order chi connectivity index (χ0) is 11.9. The molecule has 0 radical (unpaired) electrons. The topological polar surface area (TPSA) is 18.5 Å². The van der Waals surface area contributed by atoms with E-state index in [0.717, 1.165) is 16.9 Å². The Morgan fingerprint density at radius 1 is 0.889 bits per heavy atom. The van der Waals surface area contributed by atoms with Gasteiger partial charge in [0, 0.05) is 11.3 Å². The Hall–Kier alpha value is -1.70. The van der Waals surface area contributed by atoms with E-state index >= 15 is 0 Å². The van der Waals surface area contributed by atoms with E-state index in [1.807, 2.05) is 6.07 Å². The molecular weight excluding hydrogens is 224 g/mol. The minimum atomic E-state index is -0.0618. The monoisotopic (exact) mass is 240 g/mol. The van der Waals surface area contributed by atoms with Crippen LogP contribution in [0.15, 0.2) is 36.4 Å². The van der Waals surface area contributed by atoms with Crippen molar-refractivity contribution in [2.75, 3.05) is 0 Å². The van der Waals surface area contributed by atoms with E-state index in [1.165, 1.54) is 31.1 Å². The fourth-order valence-electron chi connectivity index (χ4n) is 3.12. The molecule has 1 aliphatic carbocycles. The molecular formula is C16H16O2. The maximum absolute atomic E-state index is 6.08. The highest BCUT2D eigenvalue weighted by Crippen LogP contribution is 2.44. The van der Waals surface area contributed by atoms with Gasteiger partial charge in [0.05, 0.1) is 0 Å². The van der Waals surface area contributed by atoms with Crippen molar-refractivity contribution in [3.8, 4) is 11.5 Å². The van der Waals surface area contributed by atoms with Gasteiger partial charge in [0.15, 0.2) is 11.5 Å². The van der Waals surface area contributed by atoms with E-state index in [9.17, 15) is 0 Å². The Kier molecular flexibility index (Phi) is 2.22. The molecule has 1 aliphatic heterocycles. The summed E-state index contributed by atoms with van der Waals surface area (Å²) >= 11 is 0. The van der Waals surface area contributed by atoms with Crippen LogP contribution >= 0.6 is 0 Å². The van der Waals surface area contributed by atoms with Gasteiger partial charge in [-0.05, 0) is 24.3 Å². The number of rotatable bonds is 1. The van der Waals surface area contributed by atoms with E-state index in [1.54, 1.807) is 0 Å². The van der Waals surface area contributed by atoms with Gasteiger partial charge in [-0.15, -0.1) is 0 Å². The van der Waals surface area contributed by atoms with Crippen molar-refractivity contribution in [1.29, 1.82) is 0 Å². The number of fused-ring (bicyclic) bond motifs is 3. The molecule has 2 aromatic rings. The van der Waals surface area contributed by atoms with Gasteiger partial charge < -0.3 is 9.47 Å². The van der Waals surface area contributed by atoms with Gasteiger partial charge in [-0.2, -0.15) is 0 Å². The van der Waals surface area contributed by atoms with Gasteiger partial charge >= 0.3 is 0 Å². The summed E-state index contributed by atoms with van der Waals surface area (Å²) < 4.78 is 12.1. The summed E-state index contributed by atoms with van der Waals surface area (Å²) in [6.07, 6.45) is 5.02. The van der Waals surface area contributed by atoms with Crippen molar-refractivity contribution in [2.45, 2.75) is 32.0 Å². The van der Waals surface area contributed by atoms with Crippen molar-refractivity contribution in [3.05, 3.63) is 36.4 Å². The van der Waals surface area contributed by atoms with E-state index < -0.39 is 0 Å². The smallest absolute Gasteiger partial charge is 0.244 e. The molecule has 0 saturated heterocycles. The average Bonchev–Trinajstić information content (AvgIpc) is 3.07. The van der Waals surface area contributed by atoms with Crippen molar-refractivity contribution < 1.29 is 9.47 Å². The molecule has 1 saturated carbocycles. The van der Waals surface area contributed by atoms with Gasteiger partial charge in [-0.1, -0.05) is 43.2 Å². The van der Waals surface area contributed by atoms with Gasteiger partial charge in [-0.3, -0.25) is 0 Å². The third-order valence-electron chi connectivity index (χ3n) is 4.11. The first-order chi connectivity index (χ1) is 8.92. The second-order valence-corrected chi connectivity index (χ2v) is 5.26. The number of benzene rings is 2. The fourth-order valence-corrected chi connectivity index (χ4v) is 3.12. The van der Waals surface area contributed by atoms with Crippen LogP contribution in [0.1, 0.15) is 25.7 Å². The zero-order valence-corrected chi connectivity index (χ0v) is 10.3. The lowest BCUT2D eigenvalue weighted by Crippen LogP contribution is -2.26. The molecule has 0 amide bonds. The maximum atomic E-state index is 6.08. The molecule has 0 aromatic heterocycles. The van der Waals surface area contributed by atoms with Gasteiger partial charge in [0.25, 0.3) is 0 Å². The van der Waals surface area contributed by atoms with E-state index in [2.05, 4.69) is 30.3 Å². The normalized spacial score (nSPS) is 22.8. The Morgan fingerprint density at radius 3 is 2.61 bits per heavy atom. The first kappa shape index (κ1) is 10.2. The summed E-state index contributed by atoms with van der Waals surface area (Å²) in [6.45, 7) is 0. The average molecular weight is 240 g/mol. The van der Waals surface area contributed by atoms with Gasteiger partial charge in [0.1, 0.15) is 0 Å². The van der Waals surface area contributed by atoms with Crippen LogP contribution in [0.4, 0.5) is 0 Å². The molecule has 2 aromatic carbocycles. The SMILES string of the molecule is c1ccc2c3c(ccc2c1)OC(C1CCCC1)O3. The molecule has 1 atom stereocenters. The molecule has 92 valence electrons. The van der Waals surface area contributed by atoms with Crippen LogP contribution in [-0.2, 0) is 0 Å². The van der Waals surface area contributed by atoms with E-state index in [0.29, 0.717) is 5.92 Å². The van der Waals surface area contributed by atoms with Crippen LogP contribution in [0.2, 0.25) is 0 Å². The molecule has 0 bridgehead atoms. The molecule has 4 rings (SSSR count). The summed E-state index contributed by atoms with van der Waals surface area (Å²) in [5, 5.41) is 2.38. The predicted molar refractivity (Wildman–Crippen MR) is 71.0 cm³/mol. The Morgan fingerprint density at radius 2 is 1.72 bits per heavy atom. The third-order valence-corrected chi connectivity index (χ3v) is 4.11. The lowest BCUT2D eigenvalue weighted by atomic mass is 10.1. The molecule has 0 N–H and O–H groups in total. The highest BCUT2D eigenvalue weighted by atomic mass is 16.7. The maximum Gasteiger partial charge on any atom is 0.244 e. The lowest BCUT2D eigenvalue weighted by Gasteiger charge is -2.16. The van der Waals surface area contributed by atoms with Crippen LogP contribution < -0.4 is 9.47 Å². The zero-order valence-electron chi connectivity index (χ0n) is 10.3. The molecule has 18 heavy (non-hydrogen) atoms. The van der Waals surface area contributed by atoms with E-state index in [4.69, 9.17) is 9.47 Å². The van der Waals surface area contributed by atoms with Crippen LogP contribution in [0.25, 0.3) is 10.8 Å². The molecule has 1 unspecified atom stereocenters. The van der Waals surface area contributed by atoms with Crippen LogP contribution in [0, 0.1) is 5.92 Å². The van der Waals surface area contributed by atoms with Gasteiger partial charge in [-0.25, -0.2) is 0 Å². The van der Waals surface area contributed by atoms with Crippen LogP contribution in [0.5, 0.6) is 11.5 Å². The molecule has 2 aliphatic rings. The standard InChI is InChI=1S/C16H16O2/c1-2-7-12(6-1)16-17-14-10-9-11-5-3-4-8-13(11)15(14)18-16/h3-5,8-10,12,16H,1-2,6-7H2. The minimum absolute atomic E-state index is 0.0618. The quantitative estimate of drug-likeness (QED) is 0.746. The van der Waals surface area contributed by atoms with Crippen molar-refractivity contribution in [1.82, 2.24) is 0 Å². The molecule has 2 heteroatoms. The van der Waals surface area contributed by atoms with Crippen molar-refractivity contribution in [3.63, 3.8) is 0 Å². The summed E-state index contributed by atoms with van der Waals surface area (Å²) in [7, 11) is 0. The number of hydrogen-bond acceptors (Lipinski definition) is 2. The Bertz CT molecular complexity index is 585. The highest BCUT2D eigenvalue weighted by Gasteiger charge is 2.34. The summed E-state index contributed by atoms with van der Waals surface area (Å²) in [5.41, 5.74) is 0. The molecule has 1 heterocycles. The Labute approximate surface area is 107 Å².